The van der Waals surface area contributed by atoms with Crippen molar-refractivity contribution in [2.24, 2.45) is 5.92 Å². The number of anilines is 1. The van der Waals surface area contributed by atoms with Gasteiger partial charge in [0, 0.05) is 11.4 Å². The molecule has 0 spiro atoms. The molecule has 6 heteroatoms. The summed E-state index contributed by atoms with van der Waals surface area (Å²) in [7, 11) is -3.14. The van der Waals surface area contributed by atoms with Crippen LogP contribution in [0.3, 0.4) is 0 Å². The third-order valence-electron chi connectivity index (χ3n) is 4.03. The molecule has 0 fully saturated rings. The third kappa shape index (κ3) is 2.67. The molecule has 1 aromatic heterocycles. The summed E-state index contributed by atoms with van der Waals surface area (Å²) < 4.78 is 24.2. The van der Waals surface area contributed by atoms with Gasteiger partial charge in [0.15, 0.2) is 9.84 Å². The van der Waals surface area contributed by atoms with E-state index in [0.29, 0.717) is 17.2 Å². The third-order valence-corrected chi connectivity index (χ3v) is 5.83. The first kappa shape index (κ1) is 15.2. The molecule has 0 saturated carbocycles. The first-order valence-electron chi connectivity index (χ1n) is 7.64. The van der Waals surface area contributed by atoms with E-state index in [1.165, 1.54) is 6.33 Å². The molecule has 1 aliphatic rings. The van der Waals surface area contributed by atoms with Crippen LogP contribution in [0.4, 0.5) is 5.82 Å². The second-order valence-corrected chi connectivity index (χ2v) is 8.48. The molecule has 1 atom stereocenters. The van der Waals surface area contributed by atoms with E-state index >= 15 is 0 Å². The van der Waals surface area contributed by atoms with E-state index < -0.39 is 9.84 Å². The summed E-state index contributed by atoms with van der Waals surface area (Å²) in [6.45, 7) is 6.48. The smallest absolute Gasteiger partial charge is 0.179 e. The van der Waals surface area contributed by atoms with Crippen molar-refractivity contribution >= 4 is 26.6 Å². The molecule has 1 aromatic carbocycles. The van der Waals surface area contributed by atoms with Gasteiger partial charge in [0.2, 0.25) is 0 Å². The Morgan fingerprint density at radius 2 is 2.00 bits per heavy atom. The monoisotopic (exact) mass is 319 g/mol. The van der Waals surface area contributed by atoms with E-state index in [1.807, 2.05) is 0 Å². The van der Waals surface area contributed by atoms with E-state index in [2.05, 4.69) is 36.1 Å². The maximum Gasteiger partial charge on any atom is 0.179 e. The molecule has 5 nitrogen and oxygen atoms in total. The lowest BCUT2D eigenvalue weighted by atomic mass is 10.0. The molecule has 2 aromatic rings. The first-order valence-corrected chi connectivity index (χ1v) is 9.29. The van der Waals surface area contributed by atoms with Gasteiger partial charge in [0.05, 0.1) is 16.2 Å². The van der Waals surface area contributed by atoms with Crippen molar-refractivity contribution in [3.63, 3.8) is 0 Å². The quantitative estimate of drug-likeness (QED) is 0.938. The van der Waals surface area contributed by atoms with Crippen LogP contribution in [0.2, 0.25) is 0 Å². The molecule has 0 radical (unpaired) electrons. The fraction of sp³-hybridized carbons (Fsp3) is 0.500. The zero-order valence-electron chi connectivity index (χ0n) is 13.1. The van der Waals surface area contributed by atoms with Crippen LogP contribution in [0.15, 0.2) is 23.4 Å². The van der Waals surface area contributed by atoms with E-state index in [4.69, 9.17) is 0 Å². The number of sulfone groups is 1. The molecule has 118 valence electrons. The number of nitrogens with one attached hydrogen (secondary N) is 1. The highest BCUT2D eigenvalue weighted by atomic mass is 32.2. The Labute approximate surface area is 131 Å². The summed E-state index contributed by atoms with van der Waals surface area (Å²) in [5.74, 6) is 1.51. The average molecular weight is 319 g/mol. The van der Waals surface area contributed by atoms with Crippen LogP contribution in [0.5, 0.6) is 0 Å². The number of fused-ring (bicyclic) bond motifs is 3. The molecule has 22 heavy (non-hydrogen) atoms. The van der Waals surface area contributed by atoms with Gasteiger partial charge in [-0.25, -0.2) is 18.4 Å². The lowest BCUT2D eigenvalue weighted by Crippen LogP contribution is -2.18. The van der Waals surface area contributed by atoms with Gasteiger partial charge in [0.25, 0.3) is 0 Å². The van der Waals surface area contributed by atoms with Gasteiger partial charge in [-0.05, 0) is 43.4 Å². The summed E-state index contributed by atoms with van der Waals surface area (Å²) in [4.78, 5) is 9.09. The Kier molecular flexibility index (Phi) is 3.80. The fourth-order valence-electron chi connectivity index (χ4n) is 3.20. The second kappa shape index (κ2) is 5.50. The number of rotatable bonds is 4. The Balaban J connectivity index is 2.10. The highest BCUT2D eigenvalue weighted by Crippen LogP contribution is 2.34. The molecule has 1 N–H and O–H groups in total. The van der Waals surface area contributed by atoms with Crippen LogP contribution < -0.4 is 5.32 Å². The first-order chi connectivity index (χ1) is 10.4. The predicted molar refractivity (Wildman–Crippen MR) is 87.8 cm³/mol. The summed E-state index contributed by atoms with van der Waals surface area (Å²) in [6, 6.07) is 3.72. The van der Waals surface area contributed by atoms with Crippen molar-refractivity contribution in [1.29, 1.82) is 0 Å². The van der Waals surface area contributed by atoms with Crippen LogP contribution in [0.25, 0.3) is 10.9 Å². The zero-order valence-corrected chi connectivity index (χ0v) is 13.9. The molecule has 0 aliphatic carbocycles. The number of aromatic nitrogens is 2. The molecule has 1 aliphatic heterocycles. The predicted octanol–water partition coefficient (Wildman–Crippen LogP) is 2.81. The summed E-state index contributed by atoms with van der Waals surface area (Å²) in [5, 5.41) is 4.29. The minimum atomic E-state index is -3.14. The molecule has 0 saturated heterocycles. The summed E-state index contributed by atoms with van der Waals surface area (Å²) in [6.07, 6.45) is 3.09. The van der Waals surface area contributed by atoms with Gasteiger partial charge in [-0.1, -0.05) is 13.8 Å². The molecule has 2 heterocycles. The Bertz CT molecular complexity index is 815. The fourth-order valence-corrected chi connectivity index (χ4v) is 4.74. The second-order valence-electron chi connectivity index (χ2n) is 6.40. The number of hydrogen-bond acceptors (Lipinski definition) is 5. The van der Waals surface area contributed by atoms with Gasteiger partial charge >= 0.3 is 0 Å². The standard InChI is InChI=1S/C16H21N3O2S/c1-10(2)8-11(3)19-16-15-12-6-7-22(20,21)14(12)5-4-13(15)17-9-18-16/h4-5,9-11H,6-8H2,1-3H3,(H,17,18,19). The van der Waals surface area contributed by atoms with Crippen LogP contribution in [0.1, 0.15) is 32.8 Å². The van der Waals surface area contributed by atoms with E-state index in [0.717, 1.165) is 28.7 Å². The number of aryl methyl sites for hydroxylation is 1. The topological polar surface area (TPSA) is 72.0 Å². The van der Waals surface area contributed by atoms with Crippen molar-refractivity contribution in [1.82, 2.24) is 9.97 Å². The average Bonchev–Trinajstić information content (AvgIpc) is 2.74. The van der Waals surface area contributed by atoms with E-state index in [-0.39, 0.29) is 11.8 Å². The number of nitrogens with zero attached hydrogens (tertiary/aromatic N) is 2. The number of hydrogen-bond donors (Lipinski definition) is 1. The molecule has 1 unspecified atom stereocenters. The molecule has 0 bridgehead atoms. The summed E-state index contributed by atoms with van der Waals surface area (Å²) in [5.41, 5.74) is 1.66. The highest BCUT2D eigenvalue weighted by molar-refractivity contribution is 7.91. The van der Waals surface area contributed by atoms with Crippen molar-refractivity contribution in [2.75, 3.05) is 11.1 Å². The zero-order chi connectivity index (χ0) is 15.9. The lowest BCUT2D eigenvalue weighted by Gasteiger charge is -2.18. The Morgan fingerprint density at radius 1 is 1.23 bits per heavy atom. The van der Waals surface area contributed by atoms with Gasteiger partial charge in [0.1, 0.15) is 12.1 Å². The highest BCUT2D eigenvalue weighted by Gasteiger charge is 2.29. The van der Waals surface area contributed by atoms with Crippen molar-refractivity contribution in [3.8, 4) is 0 Å². The SMILES string of the molecule is CC(C)CC(C)Nc1ncnc2ccc3c(c12)CCS3(=O)=O. The lowest BCUT2D eigenvalue weighted by molar-refractivity contribution is 0.539. The largest absolute Gasteiger partial charge is 0.367 e. The van der Waals surface area contributed by atoms with Crippen molar-refractivity contribution in [3.05, 3.63) is 24.0 Å². The summed E-state index contributed by atoms with van der Waals surface area (Å²) >= 11 is 0. The maximum absolute atomic E-state index is 12.1. The van der Waals surface area contributed by atoms with Crippen LogP contribution >= 0.6 is 0 Å². The minimum Gasteiger partial charge on any atom is -0.367 e. The molecule has 0 amide bonds. The van der Waals surface area contributed by atoms with Crippen molar-refractivity contribution < 1.29 is 8.42 Å². The van der Waals surface area contributed by atoms with Gasteiger partial charge in [-0.15, -0.1) is 0 Å². The maximum atomic E-state index is 12.1. The Morgan fingerprint density at radius 3 is 2.73 bits per heavy atom. The normalized spacial score (nSPS) is 17.6. The van der Waals surface area contributed by atoms with Crippen LogP contribution in [-0.2, 0) is 16.3 Å². The minimum absolute atomic E-state index is 0.178. The van der Waals surface area contributed by atoms with Crippen molar-refractivity contribution in [2.45, 2.75) is 44.6 Å². The van der Waals surface area contributed by atoms with Gasteiger partial charge in [-0.2, -0.15) is 0 Å². The molecular formula is C16H21N3O2S. The van der Waals surface area contributed by atoms with E-state index in [1.54, 1.807) is 12.1 Å². The van der Waals surface area contributed by atoms with Gasteiger partial charge < -0.3 is 5.32 Å². The molecule has 3 rings (SSSR count). The number of benzene rings is 1. The van der Waals surface area contributed by atoms with E-state index in [9.17, 15) is 8.42 Å². The van der Waals surface area contributed by atoms with Gasteiger partial charge in [-0.3, -0.25) is 0 Å². The van der Waals surface area contributed by atoms with Crippen LogP contribution in [-0.4, -0.2) is 30.2 Å². The molecular weight excluding hydrogens is 298 g/mol. The van der Waals surface area contributed by atoms with Crippen LogP contribution in [0, 0.1) is 5.92 Å². The Hall–Kier alpha value is -1.69.